The van der Waals surface area contributed by atoms with Crippen molar-refractivity contribution in [3.8, 4) is 0 Å². The number of thiazole rings is 1. The van der Waals surface area contributed by atoms with Gasteiger partial charge in [0, 0.05) is 23.1 Å². The highest BCUT2D eigenvalue weighted by Gasteiger charge is 2.55. The largest absolute Gasteiger partial charge is 0.477 e. The van der Waals surface area contributed by atoms with Crippen LogP contribution in [0.3, 0.4) is 0 Å². The van der Waals surface area contributed by atoms with E-state index >= 15 is 0 Å². The first-order valence-corrected chi connectivity index (χ1v) is 13.2. The van der Waals surface area contributed by atoms with E-state index in [1.165, 1.54) is 29.6 Å². The third-order valence-electron chi connectivity index (χ3n) is 6.49. The molecule has 35 heavy (non-hydrogen) atoms. The number of carbonyl (C=O) groups is 3. The normalized spacial score (nSPS) is 24.3. The lowest BCUT2D eigenvalue weighted by molar-refractivity contribution is -0.529. The summed E-state index contributed by atoms with van der Waals surface area (Å²) < 4.78 is 2.37. The first-order chi connectivity index (χ1) is 16.9. The molecule has 2 amide bonds. The molecule has 1 aromatic heterocycles. The van der Waals surface area contributed by atoms with Crippen LogP contribution in [0, 0.1) is 0 Å². The van der Waals surface area contributed by atoms with Crippen LogP contribution in [0.5, 0.6) is 0 Å². The van der Waals surface area contributed by atoms with Crippen LogP contribution >= 0.6 is 23.1 Å². The molecule has 12 nitrogen and oxygen atoms in total. The Hall–Kier alpha value is -3.13. The molecule has 5 heterocycles. The van der Waals surface area contributed by atoms with Gasteiger partial charge in [0.2, 0.25) is 5.84 Å². The van der Waals surface area contributed by atoms with Crippen LogP contribution in [0.25, 0.3) is 0 Å². The smallest absolute Gasteiger partial charge is 0.352 e. The van der Waals surface area contributed by atoms with Crippen LogP contribution in [0.15, 0.2) is 21.8 Å². The lowest BCUT2D eigenvalue weighted by atomic mass is 10.0. The van der Waals surface area contributed by atoms with Crippen molar-refractivity contribution < 1.29 is 28.9 Å². The third-order valence-corrected chi connectivity index (χ3v) is 8.51. The average molecular weight is 521 g/mol. The number of carboxylic acids is 1. The molecule has 186 valence electrons. The van der Waals surface area contributed by atoms with Gasteiger partial charge >= 0.3 is 5.97 Å². The molecule has 4 aliphatic rings. The summed E-state index contributed by atoms with van der Waals surface area (Å²) in [5.74, 6) is -0.503. The van der Waals surface area contributed by atoms with Gasteiger partial charge in [-0.2, -0.15) is 0 Å². The summed E-state index contributed by atoms with van der Waals surface area (Å²) in [6.07, 6.45) is 3.14. The fourth-order valence-corrected chi connectivity index (χ4v) is 6.89. The summed E-state index contributed by atoms with van der Waals surface area (Å²) in [5, 5.41) is 17.7. The van der Waals surface area contributed by atoms with Crippen molar-refractivity contribution in [2.45, 2.75) is 30.7 Å². The van der Waals surface area contributed by atoms with Crippen molar-refractivity contribution in [1.82, 2.24) is 20.1 Å². The number of hydrogen-bond donors (Lipinski definition) is 3. The second-order valence-corrected chi connectivity index (χ2v) is 10.6. The van der Waals surface area contributed by atoms with Gasteiger partial charge in [-0.05, 0) is 6.42 Å². The lowest BCUT2D eigenvalue weighted by Crippen LogP contribution is -2.71. The number of nitrogens with zero attached hydrogens (tertiary/aromatic N) is 5. The molecule has 0 aliphatic carbocycles. The van der Waals surface area contributed by atoms with E-state index in [0.29, 0.717) is 12.3 Å². The molecule has 2 atom stereocenters. The number of thioether (sulfide) groups is 1. The third kappa shape index (κ3) is 4.24. The molecule has 0 unspecified atom stereocenters. The number of rotatable bonds is 7. The molecule has 1 saturated heterocycles. The van der Waals surface area contributed by atoms with Crippen molar-refractivity contribution in [2.24, 2.45) is 5.16 Å². The second-order valence-electron chi connectivity index (χ2n) is 8.59. The molecule has 0 radical (unpaired) electrons. The number of aromatic nitrogens is 1. The average Bonchev–Trinajstić information content (AvgIpc) is 3.49. The van der Waals surface area contributed by atoms with Gasteiger partial charge in [-0.1, -0.05) is 5.16 Å². The number of fused-ring (bicyclic) bond motifs is 1. The van der Waals surface area contributed by atoms with Gasteiger partial charge in [-0.15, -0.1) is 23.1 Å². The Balaban J connectivity index is 1.33. The van der Waals surface area contributed by atoms with Gasteiger partial charge in [0.05, 0.1) is 26.1 Å². The number of nitrogen functional groups attached to an aromatic ring is 1. The molecule has 5 rings (SSSR count). The Labute approximate surface area is 209 Å². The van der Waals surface area contributed by atoms with Gasteiger partial charge < -0.3 is 21.0 Å². The van der Waals surface area contributed by atoms with Gasteiger partial charge in [0.25, 0.3) is 11.8 Å². The van der Waals surface area contributed by atoms with E-state index in [1.807, 2.05) is 0 Å². The van der Waals surface area contributed by atoms with Crippen LogP contribution in [0.4, 0.5) is 5.13 Å². The molecule has 1 fully saturated rings. The molecule has 0 spiro atoms. The number of hydrogen-bond acceptors (Lipinski definition) is 10. The maximum atomic E-state index is 13.1. The quantitative estimate of drug-likeness (QED) is 0.191. The van der Waals surface area contributed by atoms with Gasteiger partial charge in [0.1, 0.15) is 36.5 Å². The molecule has 4 aliphatic heterocycles. The summed E-state index contributed by atoms with van der Waals surface area (Å²) >= 11 is 2.60. The molecule has 14 heteroatoms. The van der Waals surface area contributed by atoms with Crippen LogP contribution in [-0.4, -0.2) is 104 Å². The van der Waals surface area contributed by atoms with E-state index in [1.54, 1.807) is 5.38 Å². The predicted octanol–water partition coefficient (Wildman–Crippen LogP) is -0.275. The number of nitrogens with one attached hydrogen (secondary N) is 1. The topological polar surface area (TPSA) is 153 Å². The van der Waals surface area contributed by atoms with Gasteiger partial charge in [-0.25, -0.2) is 9.78 Å². The number of anilines is 1. The van der Waals surface area contributed by atoms with Crippen LogP contribution in [-0.2, 0) is 19.2 Å². The number of oxime groups is 1. The zero-order valence-electron chi connectivity index (χ0n) is 19.1. The highest BCUT2D eigenvalue weighted by atomic mass is 32.2. The number of amides is 2. The van der Waals surface area contributed by atoms with Crippen LogP contribution < -0.4 is 11.1 Å². The zero-order chi connectivity index (χ0) is 24.7. The van der Waals surface area contributed by atoms with Crippen molar-refractivity contribution >= 4 is 57.6 Å². The van der Waals surface area contributed by atoms with E-state index in [2.05, 4.69) is 24.9 Å². The van der Waals surface area contributed by atoms with E-state index in [9.17, 15) is 19.5 Å². The van der Waals surface area contributed by atoms with Crippen molar-refractivity contribution in [3.05, 3.63) is 22.3 Å². The summed E-state index contributed by atoms with van der Waals surface area (Å²) in [6.45, 7) is 3.46. The van der Waals surface area contributed by atoms with Gasteiger partial charge in [0.15, 0.2) is 10.8 Å². The highest BCUT2D eigenvalue weighted by Crippen LogP contribution is 2.40. The van der Waals surface area contributed by atoms with Gasteiger partial charge in [-0.3, -0.25) is 24.0 Å². The Morgan fingerprint density at radius 1 is 1.40 bits per heavy atom. The molecule has 0 bridgehead atoms. The number of β-lactam (4-membered cyclic amide) rings is 1. The minimum atomic E-state index is -1.13. The Bertz CT molecular complexity index is 1180. The second kappa shape index (κ2) is 9.49. The molecular formula is C21H26N7O5S2+. The Kier molecular flexibility index (Phi) is 6.40. The van der Waals surface area contributed by atoms with Crippen molar-refractivity contribution in [1.29, 1.82) is 0 Å². The Morgan fingerprint density at radius 3 is 2.91 bits per heavy atom. The van der Waals surface area contributed by atoms with Crippen molar-refractivity contribution in [2.75, 3.05) is 44.8 Å². The zero-order valence-corrected chi connectivity index (χ0v) is 20.7. The molecule has 0 aromatic carbocycles. The van der Waals surface area contributed by atoms with Crippen molar-refractivity contribution in [3.63, 3.8) is 0 Å². The summed E-state index contributed by atoms with van der Waals surface area (Å²) in [5.41, 5.74) is 6.54. The lowest BCUT2D eigenvalue weighted by Gasteiger charge is -2.49. The monoisotopic (exact) mass is 520 g/mol. The fourth-order valence-electron chi connectivity index (χ4n) is 5.00. The minimum Gasteiger partial charge on any atom is -0.477 e. The Morgan fingerprint density at radius 2 is 2.20 bits per heavy atom. The van der Waals surface area contributed by atoms with E-state index in [0.717, 1.165) is 55.8 Å². The molecule has 1 aromatic rings. The number of carboxylic acid groups (broad SMARTS) is 1. The van der Waals surface area contributed by atoms with E-state index in [-0.39, 0.29) is 22.2 Å². The van der Waals surface area contributed by atoms with Crippen LogP contribution in [0.2, 0.25) is 0 Å². The first kappa shape index (κ1) is 23.6. The first-order valence-electron chi connectivity index (χ1n) is 11.3. The number of aliphatic carboxylic acids is 1. The van der Waals surface area contributed by atoms with E-state index in [4.69, 9.17) is 10.6 Å². The predicted molar refractivity (Wildman–Crippen MR) is 130 cm³/mol. The maximum Gasteiger partial charge on any atom is 0.352 e. The standard InChI is InChI=1S/C21H25N7O5S2/c1-33-25-14(12-10-35-21(22)23-12)17(29)24-15-18(30)28-16(20(31)32)11(9-34-19(15)28)8-27-7-3-6-26-5-2-4-13(26)27/h10,15,19H,2-9H2,1H3,(H3-,22,23,24,29,31,32)/p+1/b25-14-/t15-,19-/m1/s1. The highest BCUT2D eigenvalue weighted by molar-refractivity contribution is 8.00. The molecule has 0 saturated carbocycles. The molecular weight excluding hydrogens is 494 g/mol. The number of amidine groups is 1. The fraction of sp³-hybridized carbons (Fsp3) is 0.524. The number of carbonyl (C=O) groups excluding carboxylic acids is 2. The summed E-state index contributed by atoms with van der Waals surface area (Å²) in [6, 6.07) is -0.879. The van der Waals surface area contributed by atoms with Crippen LogP contribution in [0.1, 0.15) is 25.0 Å². The van der Waals surface area contributed by atoms with E-state index < -0.39 is 29.2 Å². The minimum absolute atomic E-state index is 0.0260. The molecule has 4 N–H and O–H groups in total. The number of nitrogens with two attached hydrogens (primary N) is 1. The summed E-state index contributed by atoms with van der Waals surface area (Å²) in [7, 11) is 1.30. The maximum absolute atomic E-state index is 13.1. The summed E-state index contributed by atoms with van der Waals surface area (Å²) in [4.78, 5) is 50.6. The SMILES string of the molecule is CO/N=C(\C(=O)N[C@@H]1C(=O)N2C(C(=O)O)=C(CN3CCC[N+]4=C3CCC4)CS[C@H]12)c1csc(N)n1.